The molecule has 0 aliphatic carbocycles. The number of aromatic nitrogens is 4. The first-order valence-electron chi connectivity index (χ1n) is 12.0. The smallest absolute Gasteiger partial charge is 0.265 e. The molecule has 1 fully saturated rings. The van der Waals surface area contributed by atoms with E-state index in [1.807, 2.05) is 0 Å². The molecule has 5 rings (SSSR count). The van der Waals surface area contributed by atoms with Gasteiger partial charge in [0.25, 0.3) is 11.5 Å². The molecule has 3 N–H and O–H groups in total. The third kappa shape index (κ3) is 5.08. The van der Waals surface area contributed by atoms with E-state index in [0.29, 0.717) is 34.6 Å². The molecule has 10 nitrogen and oxygen atoms in total. The maximum absolute atomic E-state index is 13.6. The van der Waals surface area contributed by atoms with Gasteiger partial charge in [-0.15, -0.1) is 0 Å². The Balaban J connectivity index is 1.57. The number of nitrogen functional groups attached to an aromatic ring is 1. The summed E-state index contributed by atoms with van der Waals surface area (Å²) in [5.41, 5.74) is 7.36. The molecule has 11 heteroatoms. The van der Waals surface area contributed by atoms with Crippen molar-refractivity contribution in [2.24, 2.45) is 5.41 Å². The standard InChI is InChI=1S/C27H26ClN7O3/c1-27(2)14-34(15-27)22(36)13-35-23-20(19(7-8-30-23)17-11-32-26(29)33-12-17)9-21(25(35)38)24(37)31-10-16-3-5-18(28)6-4-16/h3-9,11-12H,10,13-15H2,1-2H3,(H,31,37)(H2,29,32,33). The lowest BCUT2D eigenvalue weighted by molar-refractivity contribution is -0.142. The quantitative estimate of drug-likeness (QED) is 0.390. The number of carbonyl (C=O) groups is 2. The largest absolute Gasteiger partial charge is 0.368 e. The summed E-state index contributed by atoms with van der Waals surface area (Å²) in [7, 11) is 0. The first-order valence-corrected chi connectivity index (χ1v) is 12.4. The molecule has 0 spiro atoms. The molecule has 4 heterocycles. The van der Waals surface area contributed by atoms with Crippen LogP contribution in [-0.4, -0.2) is 49.3 Å². The minimum atomic E-state index is -0.600. The molecule has 2 amide bonds. The first-order chi connectivity index (χ1) is 18.1. The molecule has 194 valence electrons. The Labute approximate surface area is 223 Å². The molecule has 38 heavy (non-hydrogen) atoms. The van der Waals surface area contributed by atoms with Crippen LogP contribution in [0.3, 0.4) is 0 Å². The molecule has 1 aliphatic heterocycles. The molecule has 0 atom stereocenters. The molecule has 0 saturated carbocycles. The highest BCUT2D eigenvalue weighted by atomic mass is 35.5. The molecule has 0 unspecified atom stereocenters. The Morgan fingerprint density at radius 2 is 1.76 bits per heavy atom. The third-order valence-electron chi connectivity index (χ3n) is 6.47. The Kier molecular flexibility index (Phi) is 6.58. The van der Waals surface area contributed by atoms with Crippen molar-refractivity contribution in [3.8, 4) is 11.1 Å². The van der Waals surface area contributed by atoms with E-state index in [2.05, 4.69) is 34.1 Å². The number of likely N-dealkylation sites (tertiary alicyclic amines) is 1. The van der Waals surface area contributed by atoms with Crippen molar-refractivity contribution in [2.75, 3.05) is 18.8 Å². The molecular formula is C27H26ClN7O3. The number of amides is 2. The summed E-state index contributed by atoms with van der Waals surface area (Å²) >= 11 is 5.95. The predicted octanol–water partition coefficient (Wildman–Crippen LogP) is 2.89. The van der Waals surface area contributed by atoms with E-state index in [1.165, 1.54) is 10.6 Å². The van der Waals surface area contributed by atoms with Crippen LogP contribution in [0.4, 0.5) is 5.95 Å². The molecule has 1 aromatic carbocycles. The zero-order chi connectivity index (χ0) is 27.0. The molecule has 3 aromatic heterocycles. The van der Waals surface area contributed by atoms with Crippen molar-refractivity contribution in [2.45, 2.75) is 26.9 Å². The number of fused-ring (bicyclic) bond motifs is 1. The maximum atomic E-state index is 13.6. The van der Waals surface area contributed by atoms with Gasteiger partial charge >= 0.3 is 0 Å². The van der Waals surface area contributed by atoms with Gasteiger partial charge in [-0.1, -0.05) is 37.6 Å². The van der Waals surface area contributed by atoms with Gasteiger partial charge in [-0.05, 0) is 40.8 Å². The number of pyridine rings is 2. The van der Waals surface area contributed by atoms with E-state index in [0.717, 1.165) is 5.56 Å². The SMILES string of the molecule is CC1(C)CN(C(=O)Cn2c(=O)c(C(=O)NCc3ccc(Cl)cc3)cc3c(-c4cnc(N)nc4)ccnc32)C1. The summed E-state index contributed by atoms with van der Waals surface area (Å²) < 4.78 is 1.27. The number of halogens is 1. The van der Waals surface area contributed by atoms with Gasteiger partial charge in [0, 0.05) is 54.2 Å². The number of nitrogens with one attached hydrogen (secondary N) is 1. The van der Waals surface area contributed by atoms with E-state index < -0.39 is 11.5 Å². The average molecular weight is 532 g/mol. The van der Waals surface area contributed by atoms with Crippen LogP contribution in [0.1, 0.15) is 29.8 Å². The lowest BCUT2D eigenvalue weighted by Gasteiger charge is -2.45. The summed E-state index contributed by atoms with van der Waals surface area (Å²) in [6, 6.07) is 10.3. The van der Waals surface area contributed by atoms with Crippen molar-refractivity contribution in [1.82, 2.24) is 29.7 Å². The second-order valence-electron chi connectivity index (χ2n) is 10.1. The summed E-state index contributed by atoms with van der Waals surface area (Å²) in [5.74, 6) is -0.662. The Morgan fingerprint density at radius 3 is 2.42 bits per heavy atom. The van der Waals surface area contributed by atoms with Crippen molar-refractivity contribution in [3.05, 3.63) is 81.5 Å². The van der Waals surface area contributed by atoms with E-state index in [-0.39, 0.29) is 41.6 Å². The van der Waals surface area contributed by atoms with Crippen LogP contribution in [0.25, 0.3) is 22.2 Å². The van der Waals surface area contributed by atoms with E-state index in [4.69, 9.17) is 17.3 Å². The fourth-order valence-corrected chi connectivity index (χ4v) is 4.71. The number of carbonyl (C=O) groups excluding carboxylic acids is 2. The number of rotatable bonds is 6. The number of nitrogens with zero attached hydrogens (tertiary/aromatic N) is 5. The second-order valence-corrected chi connectivity index (χ2v) is 10.5. The van der Waals surface area contributed by atoms with Crippen LogP contribution < -0.4 is 16.6 Å². The zero-order valence-electron chi connectivity index (χ0n) is 20.9. The number of hydrogen-bond donors (Lipinski definition) is 2. The number of nitrogens with two attached hydrogens (primary N) is 1. The first kappa shape index (κ1) is 25.3. The van der Waals surface area contributed by atoms with Crippen molar-refractivity contribution < 1.29 is 9.59 Å². The van der Waals surface area contributed by atoms with Crippen molar-refractivity contribution in [3.63, 3.8) is 0 Å². The third-order valence-corrected chi connectivity index (χ3v) is 6.72. The predicted molar refractivity (Wildman–Crippen MR) is 144 cm³/mol. The van der Waals surface area contributed by atoms with Gasteiger partial charge in [0.2, 0.25) is 11.9 Å². The lowest BCUT2D eigenvalue weighted by Crippen LogP contribution is -2.56. The number of hydrogen-bond acceptors (Lipinski definition) is 7. The summed E-state index contributed by atoms with van der Waals surface area (Å²) in [6.45, 7) is 5.31. The van der Waals surface area contributed by atoms with Gasteiger partial charge in [-0.3, -0.25) is 19.0 Å². The highest BCUT2D eigenvalue weighted by Crippen LogP contribution is 2.30. The minimum absolute atomic E-state index is 0.0344. The summed E-state index contributed by atoms with van der Waals surface area (Å²) in [6.07, 6.45) is 4.65. The fraction of sp³-hybridized carbons (Fsp3) is 0.259. The van der Waals surface area contributed by atoms with Crippen molar-refractivity contribution >= 4 is 40.4 Å². The van der Waals surface area contributed by atoms with Gasteiger partial charge < -0.3 is 16.0 Å². The van der Waals surface area contributed by atoms with Gasteiger partial charge in [0.1, 0.15) is 17.8 Å². The topological polar surface area (TPSA) is 136 Å². The number of anilines is 1. The second kappa shape index (κ2) is 9.86. The van der Waals surface area contributed by atoms with E-state index in [9.17, 15) is 14.4 Å². The van der Waals surface area contributed by atoms with Gasteiger partial charge in [0.15, 0.2) is 0 Å². The van der Waals surface area contributed by atoms with E-state index in [1.54, 1.807) is 53.8 Å². The Bertz CT molecular complexity index is 1590. The Morgan fingerprint density at radius 1 is 1.08 bits per heavy atom. The van der Waals surface area contributed by atoms with Gasteiger partial charge in [0.05, 0.1) is 0 Å². The zero-order valence-corrected chi connectivity index (χ0v) is 21.7. The highest BCUT2D eigenvalue weighted by molar-refractivity contribution is 6.30. The highest BCUT2D eigenvalue weighted by Gasteiger charge is 2.37. The van der Waals surface area contributed by atoms with Gasteiger partial charge in [-0.25, -0.2) is 15.0 Å². The van der Waals surface area contributed by atoms with Crippen LogP contribution in [0, 0.1) is 5.41 Å². The van der Waals surface area contributed by atoms with E-state index >= 15 is 0 Å². The van der Waals surface area contributed by atoms with Crippen LogP contribution in [0.5, 0.6) is 0 Å². The number of benzene rings is 1. The molecule has 1 aliphatic rings. The summed E-state index contributed by atoms with van der Waals surface area (Å²) in [5, 5.41) is 3.88. The maximum Gasteiger partial charge on any atom is 0.265 e. The fourth-order valence-electron chi connectivity index (χ4n) is 4.58. The van der Waals surface area contributed by atoms with Crippen LogP contribution in [0.2, 0.25) is 5.02 Å². The minimum Gasteiger partial charge on any atom is -0.368 e. The van der Waals surface area contributed by atoms with Gasteiger partial charge in [-0.2, -0.15) is 0 Å². The monoisotopic (exact) mass is 531 g/mol. The molecule has 1 saturated heterocycles. The molecule has 0 radical (unpaired) electrons. The van der Waals surface area contributed by atoms with Crippen molar-refractivity contribution in [1.29, 1.82) is 0 Å². The van der Waals surface area contributed by atoms with Crippen LogP contribution in [-0.2, 0) is 17.9 Å². The summed E-state index contributed by atoms with van der Waals surface area (Å²) in [4.78, 5) is 54.2. The molecule has 0 bridgehead atoms. The normalized spacial score (nSPS) is 14.2. The molecule has 4 aromatic rings. The van der Waals surface area contributed by atoms with Crippen LogP contribution in [0.15, 0.2) is 59.8 Å². The lowest BCUT2D eigenvalue weighted by atomic mass is 9.84. The van der Waals surface area contributed by atoms with Crippen LogP contribution >= 0.6 is 11.6 Å². The average Bonchev–Trinajstić information content (AvgIpc) is 2.88. The Hall–Kier alpha value is -4.31. The molecular weight excluding hydrogens is 506 g/mol.